The first-order valence-electron chi connectivity index (χ1n) is 8.77. The van der Waals surface area contributed by atoms with Crippen LogP contribution in [-0.2, 0) is 17.4 Å². The van der Waals surface area contributed by atoms with Crippen molar-refractivity contribution in [2.24, 2.45) is 0 Å². The molecular weight excluding hydrogens is 425 g/mol. The van der Waals surface area contributed by atoms with E-state index in [0.29, 0.717) is 11.5 Å². The number of carbonyl (C=O) groups excluding carboxylic acids is 1. The largest absolute Gasteiger partial charge is 0.454 e. The number of alkyl halides is 3. The highest BCUT2D eigenvalue weighted by Gasteiger charge is 2.35. The first kappa shape index (κ1) is 20.0. The van der Waals surface area contributed by atoms with Gasteiger partial charge in [0.05, 0.1) is 5.02 Å². The molecule has 3 heterocycles. The van der Waals surface area contributed by atoms with Crippen LogP contribution in [-0.4, -0.2) is 33.8 Å². The molecule has 1 N–H and O–H groups in total. The van der Waals surface area contributed by atoms with Gasteiger partial charge < -0.3 is 14.8 Å². The van der Waals surface area contributed by atoms with Gasteiger partial charge in [0.2, 0.25) is 12.7 Å². The molecule has 0 unspecified atom stereocenters. The Morgan fingerprint density at radius 3 is 2.83 bits per heavy atom. The zero-order valence-corrected chi connectivity index (χ0v) is 16.0. The molecule has 2 aromatic heterocycles. The SMILES string of the molecule is O=C(/C=C/c1ccc2c(c1)OCO2)NCCc1nnc2c(C(F)(F)F)cc(Cl)cn12. The van der Waals surface area contributed by atoms with E-state index in [0.717, 1.165) is 11.6 Å². The molecule has 1 aliphatic heterocycles. The van der Waals surface area contributed by atoms with Gasteiger partial charge in [-0.3, -0.25) is 9.20 Å². The van der Waals surface area contributed by atoms with Crippen LogP contribution in [0.1, 0.15) is 17.0 Å². The zero-order chi connectivity index (χ0) is 21.3. The number of carbonyl (C=O) groups is 1. The summed E-state index contributed by atoms with van der Waals surface area (Å²) in [6.45, 7) is 0.314. The first-order chi connectivity index (χ1) is 14.3. The summed E-state index contributed by atoms with van der Waals surface area (Å²) in [5.74, 6) is 1.13. The maximum atomic E-state index is 13.1. The Balaban J connectivity index is 1.39. The minimum Gasteiger partial charge on any atom is -0.454 e. The summed E-state index contributed by atoms with van der Waals surface area (Å²) in [6, 6.07) is 6.08. The van der Waals surface area contributed by atoms with E-state index in [2.05, 4.69) is 15.5 Å². The highest BCUT2D eigenvalue weighted by Crippen LogP contribution is 2.34. The van der Waals surface area contributed by atoms with Crippen molar-refractivity contribution >= 4 is 29.2 Å². The third-order valence-corrected chi connectivity index (χ3v) is 4.53. The molecule has 3 aromatic rings. The molecule has 7 nitrogen and oxygen atoms in total. The number of hydrogen-bond acceptors (Lipinski definition) is 5. The molecule has 0 bridgehead atoms. The van der Waals surface area contributed by atoms with Crippen LogP contribution < -0.4 is 14.8 Å². The standard InChI is InChI=1S/C19H14ClF3N4O3/c20-12-8-13(19(21,22)23)18-26-25-16(27(18)9-12)5-6-24-17(28)4-2-11-1-3-14-15(7-11)30-10-29-14/h1-4,7-9H,5-6,10H2,(H,24,28)/b4-2+. The van der Waals surface area contributed by atoms with Crippen molar-refractivity contribution < 1.29 is 27.4 Å². The topological polar surface area (TPSA) is 77.8 Å². The van der Waals surface area contributed by atoms with Crippen molar-refractivity contribution in [3.8, 4) is 11.5 Å². The van der Waals surface area contributed by atoms with Crippen molar-refractivity contribution in [2.45, 2.75) is 12.6 Å². The van der Waals surface area contributed by atoms with Crippen LogP contribution in [0.15, 0.2) is 36.5 Å². The molecule has 0 atom stereocenters. The highest BCUT2D eigenvalue weighted by atomic mass is 35.5. The molecule has 4 rings (SSSR count). The number of amides is 1. The number of rotatable bonds is 5. The van der Waals surface area contributed by atoms with E-state index >= 15 is 0 Å². The molecule has 1 aliphatic rings. The second kappa shape index (κ2) is 7.86. The van der Waals surface area contributed by atoms with Gasteiger partial charge in [0.1, 0.15) is 11.4 Å². The van der Waals surface area contributed by atoms with Crippen LogP contribution in [0.5, 0.6) is 11.5 Å². The molecule has 11 heteroatoms. The van der Waals surface area contributed by atoms with Gasteiger partial charge in [-0.25, -0.2) is 0 Å². The fraction of sp³-hybridized carbons (Fsp3) is 0.211. The number of nitrogens with one attached hydrogen (secondary N) is 1. The molecule has 0 radical (unpaired) electrons. The molecule has 0 saturated carbocycles. The third-order valence-electron chi connectivity index (χ3n) is 4.32. The number of benzene rings is 1. The lowest BCUT2D eigenvalue weighted by molar-refractivity contribution is -0.136. The lowest BCUT2D eigenvalue weighted by Crippen LogP contribution is -2.24. The number of halogens is 4. The summed E-state index contributed by atoms with van der Waals surface area (Å²) in [5, 5.41) is 9.97. The molecular formula is C19H14ClF3N4O3. The monoisotopic (exact) mass is 438 g/mol. The molecule has 0 spiro atoms. The minimum absolute atomic E-state index is 0.0911. The number of pyridine rings is 1. The summed E-state index contributed by atoms with van der Waals surface area (Å²) >= 11 is 5.81. The molecule has 0 aliphatic carbocycles. The number of nitrogens with zero attached hydrogens (tertiary/aromatic N) is 3. The van der Waals surface area contributed by atoms with E-state index < -0.39 is 11.7 Å². The number of fused-ring (bicyclic) bond motifs is 2. The van der Waals surface area contributed by atoms with Crippen molar-refractivity contribution in [2.75, 3.05) is 13.3 Å². The lowest BCUT2D eigenvalue weighted by Gasteiger charge is -2.09. The Morgan fingerprint density at radius 2 is 2.03 bits per heavy atom. The average molecular weight is 439 g/mol. The lowest BCUT2D eigenvalue weighted by atomic mass is 10.2. The van der Waals surface area contributed by atoms with E-state index in [1.807, 2.05) is 0 Å². The fourth-order valence-electron chi connectivity index (χ4n) is 2.93. The predicted molar refractivity (Wildman–Crippen MR) is 101 cm³/mol. The maximum Gasteiger partial charge on any atom is 0.420 e. The maximum absolute atomic E-state index is 13.1. The number of hydrogen-bond donors (Lipinski definition) is 1. The summed E-state index contributed by atoms with van der Waals surface area (Å²) in [4.78, 5) is 12.0. The van der Waals surface area contributed by atoms with E-state index in [4.69, 9.17) is 21.1 Å². The van der Waals surface area contributed by atoms with Crippen LogP contribution >= 0.6 is 11.6 Å². The predicted octanol–water partition coefficient (Wildman–Crippen LogP) is 3.50. The first-order valence-corrected chi connectivity index (χ1v) is 9.15. The van der Waals surface area contributed by atoms with Crippen molar-refractivity contribution in [1.29, 1.82) is 0 Å². The van der Waals surface area contributed by atoms with Gasteiger partial charge in [-0.1, -0.05) is 17.7 Å². The molecule has 1 amide bonds. The molecule has 0 saturated heterocycles. The Morgan fingerprint density at radius 1 is 1.23 bits per heavy atom. The highest BCUT2D eigenvalue weighted by molar-refractivity contribution is 6.30. The normalized spacial score (nSPS) is 13.3. The minimum atomic E-state index is -4.61. The second-order valence-electron chi connectivity index (χ2n) is 6.37. The van der Waals surface area contributed by atoms with Crippen molar-refractivity contribution in [1.82, 2.24) is 19.9 Å². The van der Waals surface area contributed by atoms with E-state index in [-0.39, 0.29) is 42.2 Å². The van der Waals surface area contributed by atoms with Gasteiger partial charge in [-0.15, -0.1) is 10.2 Å². The van der Waals surface area contributed by atoms with Gasteiger partial charge in [-0.05, 0) is 29.8 Å². The van der Waals surface area contributed by atoms with E-state index in [9.17, 15) is 18.0 Å². The third kappa shape index (κ3) is 4.18. The van der Waals surface area contributed by atoms with Gasteiger partial charge in [0.25, 0.3) is 0 Å². The molecule has 156 valence electrons. The second-order valence-corrected chi connectivity index (χ2v) is 6.80. The average Bonchev–Trinajstić information content (AvgIpc) is 3.31. The molecule has 0 fully saturated rings. The Labute approximate surface area is 173 Å². The number of aromatic nitrogens is 3. The van der Waals surface area contributed by atoms with Crippen molar-refractivity contribution in [3.63, 3.8) is 0 Å². The summed E-state index contributed by atoms with van der Waals surface area (Å²) in [7, 11) is 0. The summed E-state index contributed by atoms with van der Waals surface area (Å²) in [5.41, 5.74) is -0.549. The van der Waals surface area contributed by atoms with Gasteiger partial charge >= 0.3 is 6.18 Å². The van der Waals surface area contributed by atoms with Crippen LogP contribution in [0.25, 0.3) is 11.7 Å². The summed E-state index contributed by atoms with van der Waals surface area (Å²) < 4.78 is 51.1. The molecule has 30 heavy (non-hydrogen) atoms. The van der Waals surface area contributed by atoms with Crippen LogP contribution in [0.3, 0.4) is 0 Å². The van der Waals surface area contributed by atoms with Gasteiger partial charge in [0, 0.05) is 25.2 Å². The smallest absolute Gasteiger partial charge is 0.420 e. The van der Waals surface area contributed by atoms with Gasteiger partial charge in [-0.2, -0.15) is 13.2 Å². The Bertz CT molecular complexity index is 1140. The van der Waals surface area contributed by atoms with Crippen LogP contribution in [0.4, 0.5) is 13.2 Å². The number of ether oxygens (including phenoxy) is 2. The fourth-order valence-corrected chi connectivity index (χ4v) is 3.14. The molecule has 1 aromatic carbocycles. The Hall–Kier alpha value is -3.27. The van der Waals surface area contributed by atoms with Gasteiger partial charge in [0.15, 0.2) is 17.1 Å². The van der Waals surface area contributed by atoms with Crippen molar-refractivity contribution in [3.05, 3.63) is 58.5 Å². The van der Waals surface area contributed by atoms with E-state index in [1.54, 1.807) is 24.3 Å². The quantitative estimate of drug-likeness (QED) is 0.617. The van der Waals surface area contributed by atoms with E-state index in [1.165, 1.54) is 16.7 Å². The summed E-state index contributed by atoms with van der Waals surface area (Å²) in [6.07, 6.45) is -0.174. The Kier molecular flexibility index (Phi) is 5.25. The van der Waals surface area contributed by atoms with Crippen LogP contribution in [0.2, 0.25) is 5.02 Å². The zero-order valence-electron chi connectivity index (χ0n) is 15.2. The van der Waals surface area contributed by atoms with Crippen LogP contribution in [0, 0.1) is 0 Å².